The number of hydrogen-bond donors (Lipinski definition) is 1. The van der Waals surface area contributed by atoms with Crippen LogP contribution in [-0.4, -0.2) is 60.4 Å². The van der Waals surface area contributed by atoms with Gasteiger partial charge in [-0.3, -0.25) is 9.59 Å². The van der Waals surface area contributed by atoms with E-state index in [0.717, 1.165) is 39.0 Å². The summed E-state index contributed by atoms with van der Waals surface area (Å²) in [6, 6.07) is -0.240. The maximum atomic E-state index is 12.7. The molecule has 1 aliphatic carbocycles. The highest BCUT2D eigenvalue weighted by molar-refractivity contribution is 5.90. The molecule has 1 N–H and O–H groups in total. The van der Waals surface area contributed by atoms with E-state index in [0.29, 0.717) is 24.8 Å². The van der Waals surface area contributed by atoms with Gasteiger partial charge >= 0.3 is 0 Å². The van der Waals surface area contributed by atoms with Gasteiger partial charge in [0.05, 0.1) is 0 Å². The first-order valence-electron chi connectivity index (χ1n) is 8.48. The molecular weight excluding hydrogens is 266 g/mol. The molecule has 5 heteroatoms. The van der Waals surface area contributed by atoms with E-state index in [-0.39, 0.29) is 17.9 Å². The smallest absolute Gasteiger partial charge is 0.245 e. The van der Waals surface area contributed by atoms with Crippen molar-refractivity contribution in [2.45, 2.75) is 45.1 Å². The second-order valence-electron chi connectivity index (χ2n) is 6.79. The summed E-state index contributed by atoms with van der Waals surface area (Å²) in [5, 5.41) is 2.94. The van der Waals surface area contributed by atoms with Crippen LogP contribution in [-0.2, 0) is 9.59 Å². The molecule has 21 heavy (non-hydrogen) atoms. The summed E-state index contributed by atoms with van der Waals surface area (Å²) in [6.07, 6.45) is 4.97. The molecule has 1 saturated carbocycles. The normalized spacial score (nSPS) is 29.4. The highest BCUT2D eigenvalue weighted by Crippen LogP contribution is 2.34. The lowest BCUT2D eigenvalue weighted by Crippen LogP contribution is -2.48. The summed E-state index contributed by atoms with van der Waals surface area (Å²) in [4.78, 5) is 28.9. The second-order valence-corrected chi connectivity index (χ2v) is 6.79. The van der Waals surface area contributed by atoms with E-state index in [4.69, 9.17) is 0 Å². The van der Waals surface area contributed by atoms with Gasteiger partial charge in [0, 0.05) is 19.5 Å². The van der Waals surface area contributed by atoms with E-state index < -0.39 is 0 Å². The number of nitrogens with one attached hydrogen (secondary N) is 1. The number of amides is 2. The molecule has 3 rings (SSSR count). The van der Waals surface area contributed by atoms with E-state index >= 15 is 0 Å². The molecule has 0 radical (unpaired) electrons. The lowest BCUT2D eigenvalue weighted by atomic mass is 9.96. The SMILES string of the molecule is CCN1CCC(CN2CCC(=O)NC(C3CC3)C2=O)CC1. The van der Waals surface area contributed by atoms with Crippen LogP contribution >= 0.6 is 0 Å². The topological polar surface area (TPSA) is 52.6 Å². The summed E-state index contributed by atoms with van der Waals surface area (Å²) >= 11 is 0. The lowest BCUT2D eigenvalue weighted by Gasteiger charge is -2.34. The largest absolute Gasteiger partial charge is 0.344 e. The summed E-state index contributed by atoms with van der Waals surface area (Å²) in [5.74, 6) is 1.21. The van der Waals surface area contributed by atoms with Crippen LogP contribution in [0.15, 0.2) is 0 Å². The van der Waals surface area contributed by atoms with Crippen LogP contribution in [0.4, 0.5) is 0 Å². The third kappa shape index (κ3) is 3.57. The Hall–Kier alpha value is -1.10. The first-order chi connectivity index (χ1) is 10.2. The zero-order valence-electron chi connectivity index (χ0n) is 13.0. The third-order valence-electron chi connectivity index (χ3n) is 5.23. The zero-order chi connectivity index (χ0) is 14.8. The van der Waals surface area contributed by atoms with Gasteiger partial charge in [-0.1, -0.05) is 6.92 Å². The lowest BCUT2D eigenvalue weighted by molar-refractivity contribution is -0.134. The van der Waals surface area contributed by atoms with Crippen molar-refractivity contribution < 1.29 is 9.59 Å². The fraction of sp³-hybridized carbons (Fsp3) is 0.875. The maximum absolute atomic E-state index is 12.7. The number of likely N-dealkylation sites (tertiary alicyclic amines) is 1. The number of hydrogen-bond acceptors (Lipinski definition) is 3. The van der Waals surface area contributed by atoms with Crippen LogP contribution in [0, 0.1) is 11.8 Å². The molecule has 0 aromatic carbocycles. The highest BCUT2D eigenvalue weighted by atomic mass is 16.2. The van der Waals surface area contributed by atoms with Gasteiger partial charge in [-0.05, 0) is 57.2 Å². The number of nitrogens with zero attached hydrogens (tertiary/aromatic N) is 2. The minimum Gasteiger partial charge on any atom is -0.344 e. The first-order valence-corrected chi connectivity index (χ1v) is 8.48. The van der Waals surface area contributed by atoms with Crippen molar-refractivity contribution in [3.63, 3.8) is 0 Å². The predicted octanol–water partition coefficient (Wildman–Crippen LogP) is 0.845. The van der Waals surface area contributed by atoms with Crippen molar-refractivity contribution in [1.29, 1.82) is 0 Å². The average Bonchev–Trinajstić information content (AvgIpc) is 3.33. The van der Waals surface area contributed by atoms with Crippen LogP contribution < -0.4 is 5.32 Å². The summed E-state index contributed by atoms with van der Waals surface area (Å²) in [6.45, 7) is 7.06. The molecule has 3 aliphatic rings. The van der Waals surface area contributed by atoms with Gasteiger partial charge in [-0.25, -0.2) is 0 Å². The quantitative estimate of drug-likeness (QED) is 0.836. The Labute approximate surface area is 127 Å². The Morgan fingerprint density at radius 1 is 1.10 bits per heavy atom. The predicted molar refractivity (Wildman–Crippen MR) is 80.7 cm³/mol. The van der Waals surface area contributed by atoms with Gasteiger partial charge in [0.15, 0.2) is 0 Å². The van der Waals surface area contributed by atoms with E-state index in [1.54, 1.807) is 0 Å². The molecule has 3 fully saturated rings. The van der Waals surface area contributed by atoms with Crippen LogP contribution in [0.3, 0.4) is 0 Å². The van der Waals surface area contributed by atoms with E-state index in [1.165, 1.54) is 12.8 Å². The summed E-state index contributed by atoms with van der Waals surface area (Å²) < 4.78 is 0. The Bertz CT molecular complexity index is 400. The standard InChI is InChI=1S/C16H27N3O2/c1-2-18-8-5-12(6-9-18)11-19-10-7-14(20)17-15(16(19)21)13-3-4-13/h12-13,15H,2-11H2,1H3,(H,17,20). The van der Waals surface area contributed by atoms with Crippen molar-refractivity contribution in [2.24, 2.45) is 11.8 Å². The van der Waals surface area contributed by atoms with Crippen LogP contribution in [0.1, 0.15) is 39.0 Å². The molecule has 2 amide bonds. The molecule has 0 bridgehead atoms. The molecular formula is C16H27N3O2. The molecule has 118 valence electrons. The Morgan fingerprint density at radius 3 is 2.43 bits per heavy atom. The number of carbonyl (C=O) groups excluding carboxylic acids is 2. The van der Waals surface area contributed by atoms with Crippen molar-refractivity contribution in [3.05, 3.63) is 0 Å². The van der Waals surface area contributed by atoms with Gasteiger partial charge < -0.3 is 15.1 Å². The molecule has 2 aliphatic heterocycles. The Balaban J connectivity index is 1.58. The van der Waals surface area contributed by atoms with Gasteiger partial charge in [-0.2, -0.15) is 0 Å². The average molecular weight is 293 g/mol. The van der Waals surface area contributed by atoms with E-state index in [9.17, 15) is 9.59 Å². The van der Waals surface area contributed by atoms with Crippen LogP contribution in [0.5, 0.6) is 0 Å². The molecule has 1 unspecified atom stereocenters. The molecule has 1 atom stereocenters. The van der Waals surface area contributed by atoms with Crippen LogP contribution in [0.25, 0.3) is 0 Å². The molecule has 0 spiro atoms. The maximum Gasteiger partial charge on any atom is 0.245 e. The minimum atomic E-state index is -0.240. The van der Waals surface area contributed by atoms with Crippen LogP contribution in [0.2, 0.25) is 0 Å². The minimum absolute atomic E-state index is 0.0450. The van der Waals surface area contributed by atoms with Crippen molar-refractivity contribution in [1.82, 2.24) is 15.1 Å². The molecule has 0 aromatic heterocycles. The fourth-order valence-electron chi connectivity index (χ4n) is 3.58. The van der Waals surface area contributed by atoms with Crippen molar-refractivity contribution in [3.8, 4) is 0 Å². The summed E-state index contributed by atoms with van der Waals surface area (Å²) in [7, 11) is 0. The first kappa shape index (κ1) is 14.8. The second kappa shape index (κ2) is 6.34. The van der Waals surface area contributed by atoms with Crippen molar-refractivity contribution in [2.75, 3.05) is 32.7 Å². The van der Waals surface area contributed by atoms with Gasteiger partial charge in [0.25, 0.3) is 0 Å². The monoisotopic (exact) mass is 293 g/mol. The highest BCUT2D eigenvalue weighted by Gasteiger charge is 2.41. The van der Waals surface area contributed by atoms with Gasteiger partial charge in [0.1, 0.15) is 6.04 Å². The van der Waals surface area contributed by atoms with Gasteiger partial charge in [0.2, 0.25) is 11.8 Å². The van der Waals surface area contributed by atoms with E-state index in [2.05, 4.69) is 17.1 Å². The number of piperidine rings is 1. The summed E-state index contributed by atoms with van der Waals surface area (Å²) in [5.41, 5.74) is 0. The molecule has 5 nitrogen and oxygen atoms in total. The van der Waals surface area contributed by atoms with Crippen molar-refractivity contribution >= 4 is 11.8 Å². The van der Waals surface area contributed by atoms with E-state index in [1.807, 2.05) is 4.90 Å². The Morgan fingerprint density at radius 2 is 1.81 bits per heavy atom. The molecule has 0 aromatic rings. The zero-order valence-corrected chi connectivity index (χ0v) is 13.0. The fourth-order valence-corrected chi connectivity index (χ4v) is 3.58. The number of rotatable bonds is 4. The third-order valence-corrected chi connectivity index (χ3v) is 5.23. The molecule has 2 heterocycles. The van der Waals surface area contributed by atoms with Gasteiger partial charge in [-0.15, -0.1) is 0 Å². The number of carbonyl (C=O) groups is 2. The molecule has 2 saturated heterocycles. The Kier molecular flexibility index (Phi) is 4.48.